The van der Waals surface area contributed by atoms with Gasteiger partial charge in [0, 0.05) is 12.8 Å². The smallest absolute Gasteiger partial charge is 0.451 e. The molecule has 0 spiro atoms. The molecule has 0 bridgehead atoms. The fourth-order valence-electron chi connectivity index (χ4n) is 6.16. The van der Waals surface area contributed by atoms with E-state index < -0.39 is 38.4 Å². The number of Topliss-reactive ketones (excluding diaryl/α,β-unsaturated/α-hetero) is 1. The lowest BCUT2D eigenvalue weighted by molar-refractivity contribution is -0.870. The highest BCUT2D eigenvalue weighted by Gasteiger charge is 2.38. The van der Waals surface area contributed by atoms with E-state index in [1.54, 1.807) is 0 Å². The maximum Gasteiger partial charge on any atom is 0.472 e. The topological polar surface area (TPSA) is 119 Å². The maximum absolute atomic E-state index is 13.3. The molecule has 0 amide bonds. The summed E-state index contributed by atoms with van der Waals surface area (Å²) in [5.41, 5.74) is 0. The number of hydrogen-bond donors (Lipinski definition) is 2. The van der Waals surface area contributed by atoms with Crippen LogP contribution in [0.5, 0.6) is 0 Å². The average molecular weight is 761 g/mol. The second kappa shape index (κ2) is 34.4. The van der Waals surface area contributed by atoms with Crippen molar-refractivity contribution in [3.8, 4) is 0 Å². The third-order valence-electron chi connectivity index (χ3n) is 9.55. The van der Waals surface area contributed by atoms with Gasteiger partial charge in [-0.1, -0.05) is 154 Å². The normalized spacial score (nSPS) is 14.4. The van der Waals surface area contributed by atoms with Crippen molar-refractivity contribution >= 4 is 19.6 Å². The minimum Gasteiger partial charge on any atom is -0.451 e. The molecule has 0 saturated heterocycles. The van der Waals surface area contributed by atoms with Crippen molar-refractivity contribution < 1.29 is 42.4 Å². The Hall–Kier alpha value is -1.09. The molecule has 0 rings (SSSR count). The number of nitrogens with zero attached hydrogens (tertiary/aromatic N) is 1. The first-order valence-electron chi connectivity index (χ1n) is 21.4. The number of phosphoric acid groups is 1. The van der Waals surface area contributed by atoms with Crippen LogP contribution in [0, 0.1) is 0 Å². The summed E-state index contributed by atoms with van der Waals surface area (Å²) in [6.07, 6.45) is 32.1. The Morgan fingerprint density at radius 1 is 0.635 bits per heavy atom. The van der Waals surface area contributed by atoms with Gasteiger partial charge in [-0.2, -0.15) is 0 Å². The van der Waals surface area contributed by atoms with Crippen LogP contribution in [0.15, 0.2) is 12.2 Å². The lowest BCUT2D eigenvalue weighted by Crippen LogP contribution is -2.42. The zero-order valence-corrected chi connectivity index (χ0v) is 35.4. The van der Waals surface area contributed by atoms with E-state index in [2.05, 4.69) is 26.0 Å². The molecule has 308 valence electrons. The van der Waals surface area contributed by atoms with Gasteiger partial charge in [0.2, 0.25) is 0 Å². The number of allylic oxidation sites excluding steroid dienone is 2. The fraction of sp³-hybridized carbons (Fsp3) is 0.905. The molecule has 10 heteroatoms. The van der Waals surface area contributed by atoms with Crippen molar-refractivity contribution in [3.05, 3.63) is 12.2 Å². The molecule has 2 unspecified atom stereocenters. The zero-order chi connectivity index (χ0) is 38.8. The molecule has 0 heterocycles. The zero-order valence-electron chi connectivity index (χ0n) is 34.5. The van der Waals surface area contributed by atoms with Crippen LogP contribution in [-0.2, 0) is 27.9 Å². The summed E-state index contributed by atoms with van der Waals surface area (Å²) in [4.78, 5) is 36.6. The summed E-state index contributed by atoms with van der Waals surface area (Å²) in [6, 6.07) is 0. The number of esters is 1. The van der Waals surface area contributed by atoms with Gasteiger partial charge in [-0.05, 0) is 38.5 Å². The van der Waals surface area contributed by atoms with Crippen molar-refractivity contribution in [2.75, 3.05) is 40.9 Å². The Morgan fingerprint density at radius 3 is 1.46 bits per heavy atom. The number of hydrogen-bond acceptors (Lipinski definition) is 7. The van der Waals surface area contributed by atoms with Crippen LogP contribution in [0.4, 0.5) is 0 Å². The Kier molecular flexibility index (Phi) is 33.7. The predicted molar refractivity (Wildman–Crippen MR) is 215 cm³/mol. The number of ketones is 1. The highest BCUT2D eigenvalue weighted by molar-refractivity contribution is 7.47. The summed E-state index contributed by atoms with van der Waals surface area (Å²) in [5.74, 6) is -0.978. The number of unbranched alkanes of at least 4 members (excludes halogenated alkanes) is 23. The molecule has 0 aromatic heterocycles. The number of quaternary nitrogens is 1. The SMILES string of the molecule is CCCCCCCCC=CCCCCCCCC(=O)OC(C(=O)CCCCCCCCCCCCCCC)[C@H](CO)OP(=O)(O)OCC[N+](C)(C)C. The second-order valence-corrected chi connectivity index (χ2v) is 17.3. The van der Waals surface area contributed by atoms with E-state index in [-0.39, 0.29) is 19.4 Å². The molecule has 0 radical (unpaired) electrons. The van der Waals surface area contributed by atoms with E-state index in [0.717, 1.165) is 51.4 Å². The predicted octanol–water partition coefficient (Wildman–Crippen LogP) is 11.2. The standard InChI is InChI=1S/C42H82NO8P/c1-6-8-10-12-14-16-18-20-21-23-25-27-29-31-33-35-41(46)50-42(40(38-44)51-52(47,48)49-37-36-43(3,4)5)39(45)34-32-30-28-26-24-22-19-17-15-13-11-9-7-2/h20-21,40,42,44H,6-19,22-38H2,1-5H3/p+1/t40-,42?/m0/s1. The molecule has 0 fully saturated rings. The molecule has 0 aliphatic rings. The molecular formula is C42H83NO8P+. The van der Waals surface area contributed by atoms with E-state index >= 15 is 0 Å². The van der Waals surface area contributed by atoms with Crippen molar-refractivity contribution in [2.24, 2.45) is 0 Å². The van der Waals surface area contributed by atoms with Crippen LogP contribution >= 0.6 is 7.82 Å². The monoisotopic (exact) mass is 761 g/mol. The molecule has 3 atom stereocenters. The molecule has 0 aromatic rings. The minimum absolute atomic E-state index is 0.0533. The first-order chi connectivity index (χ1) is 25.0. The first kappa shape index (κ1) is 50.9. The average Bonchev–Trinajstić information content (AvgIpc) is 3.09. The van der Waals surface area contributed by atoms with Crippen molar-refractivity contribution in [3.63, 3.8) is 0 Å². The highest BCUT2D eigenvalue weighted by atomic mass is 31.2. The van der Waals surface area contributed by atoms with Crippen molar-refractivity contribution in [1.29, 1.82) is 0 Å². The molecule has 52 heavy (non-hydrogen) atoms. The van der Waals surface area contributed by atoms with Crippen LogP contribution in [0.2, 0.25) is 0 Å². The number of rotatable bonds is 39. The maximum atomic E-state index is 13.3. The number of phosphoric ester groups is 1. The molecular weight excluding hydrogens is 677 g/mol. The van der Waals surface area contributed by atoms with Gasteiger partial charge in [0.1, 0.15) is 19.3 Å². The molecule has 9 nitrogen and oxygen atoms in total. The quantitative estimate of drug-likeness (QED) is 0.0209. The van der Waals surface area contributed by atoms with E-state index in [0.29, 0.717) is 23.9 Å². The van der Waals surface area contributed by atoms with E-state index in [9.17, 15) is 24.2 Å². The Balaban J connectivity index is 4.70. The summed E-state index contributed by atoms with van der Waals surface area (Å²) in [6.45, 7) is 4.12. The lowest BCUT2D eigenvalue weighted by Gasteiger charge is -2.27. The van der Waals surface area contributed by atoms with Gasteiger partial charge in [-0.3, -0.25) is 18.6 Å². The second-order valence-electron chi connectivity index (χ2n) is 15.8. The van der Waals surface area contributed by atoms with E-state index in [1.165, 1.54) is 103 Å². The third-order valence-corrected chi connectivity index (χ3v) is 10.6. The molecule has 0 saturated carbocycles. The number of aliphatic hydroxyl groups is 1. The Morgan fingerprint density at radius 2 is 1.04 bits per heavy atom. The Bertz CT molecular complexity index is 922. The fourth-order valence-corrected chi connectivity index (χ4v) is 7.06. The van der Waals surface area contributed by atoms with E-state index in [4.69, 9.17) is 13.8 Å². The van der Waals surface area contributed by atoms with Gasteiger partial charge in [0.05, 0.1) is 27.7 Å². The van der Waals surface area contributed by atoms with Gasteiger partial charge in [0.25, 0.3) is 0 Å². The molecule has 0 aromatic carbocycles. The van der Waals surface area contributed by atoms with Crippen LogP contribution in [-0.4, -0.2) is 79.3 Å². The van der Waals surface area contributed by atoms with Gasteiger partial charge in [0.15, 0.2) is 11.9 Å². The highest BCUT2D eigenvalue weighted by Crippen LogP contribution is 2.45. The number of carbonyl (C=O) groups excluding carboxylic acids is 2. The van der Waals surface area contributed by atoms with Gasteiger partial charge in [-0.25, -0.2) is 4.57 Å². The van der Waals surface area contributed by atoms with Crippen LogP contribution in [0.3, 0.4) is 0 Å². The van der Waals surface area contributed by atoms with Crippen molar-refractivity contribution in [1.82, 2.24) is 0 Å². The molecule has 0 aliphatic heterocycles. The van der Waals surface area contributed by atoms with Gasteiger partial charge >= 0.3 is 13.8 Å². The molecule has 2 N–H and O–H groups in total. The van der Waals surface area contributed by atoms with Gasteiger partial charge < -0.3 is 19.2 Å². The number of ether oxygens (including phenoxy) is 1. The van der Waals surface area contributed by atoms with Gasteiger partial charge in [-0.15, -0.1) is 0 Å². The van der Waals surface area contributed by atoms with Crippen molar-refractivity contribution in [2.45, 2.75) is 206 Å². The van der Waals surface area contributed by atoms with E-state index in [1.807, 2.05) is 21.1 Å². The van der Waals surface area contributed by atoms with Crippen LogP contribution in [0.25, 0.3) is 0 Å². The van der Waals surface area contributed by atoms with Crippen LogP contribution in [0.1, 0.15) is 194 Å². The lowest BCUT2D eigenvalue weighted by atomic mass is 10.0. The summed E-state index contributed by atoms with van der Waals surface area (Å²) < 4.78 is 29.2. The molecule has 0 aliphatic carbocycles. The summed E-state index contributed by atoms with van der Waals surface area (Å²) >= 11 is 0. The summed E-state index contributed by atoms with van der Waals surface area (Å²) in [5, 5.41) is 10.1. The van der Waals surface area contributed by atoms with Crippen LogP contribution < -0.4 is 0 Å². The number of carbonyl (C=O) groups is 2. The summed E-state index contributed by atoms with van der Waals surface area (Å²) in [7, 11) is 1.14. The first-order valence-corrected chi connectivity index (χ1v) is 22.9. The third kappa shape index (κ3) is 33.5. The minimum atomic E-state index is -4.62. The Labute approximate surface area is 320 Å². The largest absolute Gasteiger partial charge is 0.472 e. The number of likely N-dealkylation sites (N-methyl/N-ethyl adjacent to an activating group) is 1. The number of aliphatic hydroxyl groups excluding tert-OH is 1.